The summed E-state index contributed by atoms with van der Waals surface area (Å²) < 4.78 is 7.92. The normalized spacial score (nSPS) is 18.0. The lowest BCUT2D eigenvalue weighted by Gasteiger charge is -2.36. The summed E-state index contributed by atoms with van der Waals surface area (Å²) in [6.45, 7) is -0.0401. The van der Waals surface area contributed by atoms with Crippen LogP contribution in [0.3, 0.4) is 0 Å². The molecule has 12 heteroatoms. The molecule has 1 aromatic heterocycles. The van der Waals surface area contributed by atoms with Crippen LogP contribution in [0, 0.1) is 0 Å². The summed E-state index contributed by atoms with van der Waals surface area (Å²) in [7, 11) is 1.24. The molecule has 0 radical (unpaired) electrons. The van der Waals surface area contributed by atoms with Crippen LogP contribution < -0.4 is 5.32 Å². The Morgan fingerprint density at radius 1 is 1.40 bits per heavy atom. The van der Waals surface area contributed by atoms with Crippen LogP contribution >= 0.6 is 46.6 Å². The van der Waals surface area contributed by atoms with E-state index >= 15 is 0 Å². The number of aromatic amines is 1. The van der Waals surface area contributed by atoms with Gasteiger partial charge in [-0.3, -0.25) is 0 Å². The minimum absolute atomic E-state index is 0.0876. The molecular formula is C18H20Cl3N3O5S. The van der Waals surface area contributed by atoms with Crippen molar-refractivity contribution < 1.29 is 24.3 Å². The lowest BCUT2D eigenvalue weighted by atomic mass is 9.95. The highest BCUT2D eigenvalue weighted by atomic mass is 35.6. The number of aromatic nitrogens is 1. The van der Waals surface area contributed by atoms with Gasteiger partial charge in [-0.1, -0.05) is 53.0 Å². The van der Waals surface area contributed by atoms with Gasteiger partial charge in [0.2, 0.25) is 3.79 Å². The second kappa shape index (κ2) is 9.84. The molecule has 3 rings (SSSR count). The number of thioether (sulfide) groups is 1. The van der Waals surface area contributed by atoms with Gasteiger partial charge in [0.1, 0.15) is 6.61 Å². The summed E-state index contributed by atoms with van der Waals surface area (Å²) in [5, 5.41) is 14.8. The third-order valence-electron chi connectivity index (χ3n) is 4.66. The van der Waals surface area contributed by atoms with Crippen molar-refractivity contribution in [2.24, 2.45) is 0 Å². The van der Waals surface area contributed by atoms with Crippen molar-refractivity contribution in [1.29, 1.82) is 0 Å². The number of hydrogen-bond acceptors (Lipinski definition) is 7. The number of alkyl halides is 3. The first kappa shape index (κ1) is 23.3. The van der Waals surface area contributed by atoms with Gasteiger partial charge in [0.25, 0.3) is 0 Å². The monoisotopic (exact) mass is 495 g/mol. The minimum Gasteiger partial charge on any atom is -0.453 e. The molecule has 30 heavy (non-hydrogen) atoms. The van der Waals surface area contributed by atoms with Crippen LogP contribution in [0.1, 0.15) is 17.3 Å². The number of nitrogens with one attached hydrogen (secondary N) is 2. The fraction of sp³-hybridized carbons (Fsp3) is 0.444. The Bertz CT molecular complexity index is 920. The van der Waals surface area contributed by atoms with Crippen LogP contribution in [-0.2, 0) is 15.9 Å². The zero-order valence-corrected chi connectivity index (χ0v) is 18.9. The molecule has 0 bridgehead atoms. The molecular weight excluding hydrogens is 477 g/mol. The first-order chi connectivity index (χ1) is 14.2. The van der Waals surface area contributed by atoms with Crippen LogP contribution in [0.4, 0.5) is 9.59 Å². The molecule has 3 N–H and O–H groups in total. The number of nitrogens with zero attached hydrogens (tertiary/aromatic N) is 1. The predicted octanol–water partition coefficient (Wildman–Crippen LogP) is 4.42. The Morgan fingerprint density at radius 2 is 2.13 bits per heavy atom. The molecule has 2 atom stereocenters. The Morgan fingerprint density at radius 3 is 2.83 bits per heavy atom. The summed E-state index contributed by atoms with van der Waals surface area (Å²) in [6.07, 6.45) is -0.0534. The number of rotatable bonds is 5. The van der Waals surface area contributed by atoms with E-state index in [1.807, 2.05) is 24.3 Å². The molecule has 0 aliphatic carbocycles. The third kappa shape index (κ3) is 5.66. The number of amides is 1. The lowest BCUT2D eigenvalue weighted by Crippen LogP contribution is -2.49. The number of fused-ring (bicyclic) bond motifs is 3. The highest BCUT2D eigenvalue weighted by molar-refractivity contribution is 8.13. The molecule has 1 amide bonds. The number of benzene rings is 1. The van der Waals surface area contributed by atoms with E-state index in [2.05, 4.69) is 10.3 Å². The number of alkyl carbamates (subject to hydrolysis) is 1. The Hall–Kier alpha value is -1.36. The summed E-state index contributed by atoms with van der Waals surface area (Å²) in [4.78, 5) is 27.3. The number of halogens is 3. The number of hydrogen-bond donors (Lipinski definition) is 3. The van der Waals surface area contributed by atoms with Gasteiger partial charge in [0.05, 0.1) is 19.2 Å². The van der Waals surface area contributed by atoms with Gasteiger partial charge in [-0.2, -0.15) is 5.06 Å². The zero-order valence-electron chi connectivity index (χ0n) is 15.9. The summed E-state index contributed by atoms with van der Waals surface area (Å²) in [5.74, 6) is 0.0876. The average Bonchev–Trinajstić information content (AvgIpc) is 3.07. The van der Waals surface area contributed by atoms with Gasteiger partial charge in [-0.25, -0.2) is 9.59 Å². The van der Waals surface area contributed by atoms with Crippen LogP contribution in [-0.4, -0.2) is 62.5 Å². The highest BCUT2D eigenvalue weighted by Crippen LogP contribution is 2.36. The molecule has 0 saturated carbocycles. The van der Waals surface area contributed by atoms with Crippen LogP contribution in [0.15, 0.2) is 24.3 Å². The Balaban J connectivity index is 1.83. The van der Waals surface area contributed by atoms with Gasteiger partial charge >= 0.3 is 11.4 Å². The first-order valence-electron chi connectivity index (χ1n) is 8.95. The van der Waals surface area contributed by atoms with Crippen LogP contribution in [0.25, 0.3) is 10.9 Å². The number of H-pyrrole nitrogens is 1. The molecule has 164 valence electrons. The van der Waals surface area contributed by atoms with Gasteiger partial charge in [0.15, 0.2) is 0 Å². The summed E-state index contributed by atoms with van der Waals surface area (Å²) in [5.41, 5.74) is 2.75. The van der Waals surface area contributed by atoms with E-state index < -0.39 is 33.9 Å². The number of carbonyl (C=O) groups excluding carboxylic acids is 2. The molecule has 0 saturated heterocycles. The van der Waals surface area contributed by atoms with E-state index in [0.717, 1.165) is 39.0 Å². The number of para-hydroxylation sites is 1. The average molecular weight is 497 g/mol. The fourth-order valence-electron chi connectivity index (χ4n) is 3.43. The van der Waals surface area contributed by atoms with Crippen LogP contribution in [0.5, 0.6) is 0 Å². The Kier molecular flexibility index (Phi) is 7.65. The van der Waals surface area contributed by atoms with E-state index in [1.165, 1.54) is 7.11 Å². The number of carbonyl (C=O) groups is 2. The molecule has 1 aliphatic rings. The second-order valence-corrected chi connectivity index (χ2v) is 10.1. The van der Waals surface area contributed by atoms with Crippen molar-refractivity contribution in [1.82, 2.24) is 15.4 Å². The fourth-order valence-corrected chi connectivity index (χ4v) is 4.32. The highest BCUT2D eigenvalue weighted by Gasteiger charge is 2.37. The molecule has 8 nitrogen and oxygen atoms in total. The van der Waals surface area contributed by atoms with Crippen molar-refractivity contribution in [3.63, 3.8) is 0 Å². The van der Waals surface area contributed by atoms with E-state index in [4.69, 9.17) is 44.3 Å². The van der Waals surface area contributed by atoms with Crippen molar-refractivity contribution >= 4 is 68.9 Å². The van der Waals surface area contributed by atoms with E-state index in [1.54, 1.807) is 0 Å². The van der Waals surface area contributed by atoms with Crippen molar-refractivity contribution in [2.45, 2.75) is 22.3 Å². The zero-order chi connectivity index (χ0) is 21.9. The predicted molar refractivity (Wildman–Crippen MR) is 117 cm³/mol. The largest absolute Gasteiger partial charge is 0.453 e. The second-order valence-electron chi connectivity index (χ2n) is 6.63. The van der Waals surface area contributed by atoms with Crippen molar-refractivity contribution in [2.75, 3.05) is 26.0 Å². The standard InChI is InChI=1S/C18H20Cl3N3O5S/c1-28-16(25)23-13(8-30-17(26)29-9-18(19,20)21)15-14-11(6-7-24(15)27)10-4-2-3-5-12(10)22-14/h2-5,13,15,22,27H,6-9H2,1H3,(H,23,25)/t13-,15+/m0/s1. The topological polar surface area (TPSA) is 104 Å². The van der Waals surface area contributed by atoms with Gasteiger partial charge < -0.3 is 25.0 Å². The quantitative estimate of drug-likeness (QED) is 0.416. The molecule has 1 aliphatic heterocycles. The lowest BCUT2D eigenvalue weighted by molar-refractivity contribution is -0.140. The van der Waals surface area contributed by atoms with Crippen molar-refractivity contribution in [3.8, 4) is 0 Å². The number of hydroxylamine groups is 2. The van der Waals surface area contributed by atoms with Crippen LogP contribution in [0.2, 0.25) is 0 Å². The van der Waals surface area contributed by atoms with Gasteiger partial charge in [0, 0.05) is 28.9 Å². The molecule has 2 aromatic rings. The van der Waals surface area contributed by atoms with E-state index in [0.29, 0.717) is 13.0 Å². The summed E-state index contributed by atoms with van der Waals surface area (Å²) >= 11 is 17.6. The molecule has 0 unspecified atom stereocenters. The Labute approximate surface area is 192 Å². The van der Waals surface area contributed by atoms with E-state index in [-0.39, 0.29) is 5.75 Å². The van der Waals surface area contributed by atoms with Crippen molar-refractivity contribution in [3.05, 3.63) is 35.5 Å². The molecule has 1 aromatic carbocycles. The van der Waals surface area contributed by atoms with Gasteiger partial charge in [-0.15, -0.1) is 0 Å². The molecule has 0 spiro atoms. The smallest absolute Gasteiger partial charge is 0.407 e. The minimum atomic E-state index is -1.72. The maximum Gasteiger partial charge on any atom is 0.407 e. The van der Waals surface area contributed by atoms with E-state index in [9.17, 15) is 14.8 Å². The summed E-state index contributed by atoms with van der Waals surface area (Å²) in [6, 6.07) is 6.49. The third-order valence-corrected chi connectivity index (χ3v) is 5.87. The van der Waals surface area contributed by atoms with Gasteiger partial charge in [-0.05, 0) is 29.8 Å². The number of ether oxygens (including phenoxy) is 2. The SMILES string of the molecule is COC(=O)N[C@@H](CSC(=O)OCC(Cl)(Cl)Cl)[C@@H]1c2[nH]c3ccccc3c2CCN1O. The maximum atomic E-state index is 12.0. The molecule has 2 heterocycles. The maximum absolute atomic E-state index is 12.0. The molecule has 0 fully saturated rings. The first-order valence-corrected chi connectivity index (χ1v) is 11.1. The number of methoxy groups -OCH3 is 1.